The van der Waals surface area contributed by atoms with Crippen LogP contribution in [0.15, 0.2) is 24.3 Å². The number of hydrogen-bond acceptors (Lipinski definition) is 3. The van der Waals surface area contributed by atoms with Gasteiger partial charge in [-0.05, 0) is 42.9 Å². The molecule has 4 unspecified atom stereocenters. The van der Waals surface area contributed by atoms with Crippen LogP contribution in [0.3, 0.4) is 0 Å². The summed E-state index contributed by atoms with van der Waals surface area (Å²) in [6, 6.07) is 4.19. The SMILES string of the molecule is NC(=O)C1CC2CCCCC2N1C(=O)C1CC(=O)N(Cc2cccc(C(F)(F)F)c2)C1. The maximum atomic E-state index is 13.3. The predicted molar refractivity (Wildman–Crippen MR) is 105 cm³/mol. The van der Waals surface area contributed by atoms with Gasteiger partial charge in [-0.15, -0.1) is 0 Å². The molecule has 6 nitrogen and oxygen atoms in total. The van der Waals surface area contributed by atoms with Gasteiger partial charge in [0.05, 0.1) is 11.5 Å². The van der Waals surface area contributed by atoms with Crippen LogP contribution in [-0.4, -0.2) is 46.1 Å². The minimum Gasteiger partial charge on any atom is -0.368 e. The molecule has 168 valence electrons. The summed E-state index contributed by atoms with van der Waals surface area (Å²) >= 11 is 0. The molecule has 1 aromatic rings. The molecular formula is C22H26F3N3O3. The molecule has 1 aromatic carbocycles. The molecule has 2 heterocycles. The molecular weight excluding hydrogens is 411 g/mol. The van der Waals surface area contributed by atoms with Crippen LogP contribution < -0.4 is 5.73 Å². The Morgan fingerprint density at radius 2 is 1.90 bits per heavy atom. The van der Waals surface area contributed by atoms with E-state index in [0.717, 1.165) is 37.8 Å². The van der Waals surface area contributed by atoms with Crippen LogP contribution in [0.4, 0.5) is 13.2 Å². The van der Waals surface area contributed by atoms with Gasteiger partial charge in [-0.3, -0.25) is 14.4 Å². The summed E-state index contributed by atoms with van der Waals surface area (Å²) in [5.74, 6) is -1.38. The largest absolute Gasteiger partial charge is 0.416 e. The zero-order valence-corrected chi connectivity index (χ0v) is 17.1. The lowest BCUT2D eigenvalue weighted by Crippen LogP contribution is -2.50. The van der Waals surface area contributed by atoms with E-state index in [0.29, 0.717) is 12.0 Å². The lowest BCUT2D eigenvalue weighted by molar-refractivity contribution is -0.143. The van der Waals surface area contributed by atoms with Crippen LogP contribution in [0.2, 0.25) is 0 Å². The number of primary amides is 1. The second kappa shape index (κ2) is 8.16. The zero-order valence-electron chi connectivity index (χ0n) is 17.1. The molecule has 1 saturated carbocycles. The number of nitrogens with zero attached hydrogens (tertiary/aromatic N) is 2. The van der Waals surface area contributed by atoms with E-state index >= 15 is 0 Å². The predicted octanol–water partition coefficient (Wildman–Crippen LogP) is 2.70. The van der Waals surface area contributed by atoms with Gasteiger partial charge in [0.2, 0.25) is 17.7 Å². The van der Waals surface area contributed by atoms with Crippen molar-refractivity contribution in [3.63, 3.8) is 0 Å². The number of carbonyl (C=O) groups excluding carboxylic acids is 3. The van der Waals surface area contributed by atoms with E-state index in [-0.39, 0.29) is 43.3 Å². The first kappa shape index (κ1) is 21.6. The maximum absolute atomic E-state index is 13.3. The quantitative estimate of drug-likeness (QED) is 0.786. The minimum atomic E-state index is -4.46. The number of benzene rings is 1. The number of likely N-dealkylation sites (tertiary alicyclic amines) is 2. The average Bonchev–Trinajstić information content (AvgIpc) is 3.28. The van der Waals surface area contributed by atoms with E-state index < -0.39 is 29.6 Å². The maximum Gasteiger partial charge on any atom is 0.416 e. The average molecular weight is 437 g/mol. The van der Waals surface area contributed by atoms with E-state index in [4.69, 9.17) is 5.73 Å². The fraction of sp³-hybridized carbons (Fsp3) is 0.591. The van der Waals surface area contributed by atoms with Crippen LogP contribution in [0, 0.1) is 11.8 Å². The van der Waals surface area contributed by atoms with Crippen molar-refractivity contribution in [1.82, 2.24) is 9.80 Å². The van der Waals surface area contributed by atoms with Gasteiger partial charge in [-0.25, -0.2) is 0 Å². The number of amides is 3. The Morgan fingerprint density at radius 3 is 2.61 bits per heavy atom. The lowest BCUT2D eigenvalue weighted by Gasteiger charge is -2.34. The summed E-state index contributed by atoms with van der Waals surface area (Å²) in [6.07, 6.45) is -0.0432. The molecule has 9 heteroatoms. The number of fused-ring (bicyclic) bond motifs is 1. The number of halogens is 3. The number of rotatable bonds is 4. The van der Waals surface area contributed by atoms with E-state index in [9.17, 15) is 27.6 Å². The van der Waals surface area contributed by atoms with Crippen LogP contribution in [0.5, 0.6) is 0 Å². The standard InChI is InChI=1S/C22H26F3N3O3/c23-22(24,25)16-6-3-4-13(8-16)11-27-12-15(10-19(27)29)21(31)28-17-7-2-1-5-14(17)9-18(28)20(26)30/h3-4,6,8,14-15,17-18H,1-2,5,7,9-12H2,(H2,26,30). The number of alkyl halides is 3. The molecule has 2 N–H and O–H groups in total. The molecule has 0 radical (unpaired) electrons. The zero-order chi connectivity index (χ0) is 22.3. The summed E-state index contributed by atoms with van der Waals surface area (Å²) < 4.78 is 38.9. The Labute approximate surface area is 178 Å². The third-order valence-corrected chi connectivity index (χ3v) is 6.86. The molecule has 0 bridgehead atoms. The number of nitrogens with two attached hydrogens (primary N) is 1. The van der Waals surface area contributed by atoms with E-state index in [2.05, 4.69) is 0 Å². The van der Waals surface area contributed by atoms with Crippen molar-refractivity contribution >= 4 is 17.7 Å². The van der Waals surface area contributed by atoms with Gasteiger partial charge in [0.1, 0.15) is 6.04 Å². The topological polar surface area (TPSA) is 83.7 Å². The monoisotopic (exact) mass is 437 g/mol. The van der Waals surface area contributed by atoms with Gasteiger partial charge < -0.3 is 15.5 Å². The van der Waals surface area contributed by atoms with Crippen LogP contribution in [0.25, 0.3) is 0 Å². The Morgan fingerprint density at radius 1 is 1.16 bits per heavy atom. The molecule has 3 aliphatic rings. The van der Waals surface area contributed by atoms with Crippen molar-refractivity contribution < 1.29 is 27.6 Å². The highest BCUT2D eigenvalue weighted by molar-refractivity contribution is 5.93. The smallest absolute Gasteiger partial charge is 0.368 e. The van der Waals surface area contributed by atoms with Crippen molar-refractivity contribution in [1.29, 1.82) is 0 Å². The molecule has 31 heavy (non-hydrogen) atoms. The molecule has 3 fully saturated rings. The fourth-order valence-corrected chi connectivity index (χ4v) is 5.40. The molecule has 2 aliphatic heterocycles. The van der Waals surface area contributed by atoms with E-state index in [1.807, 2.05) is 0 Å². The van der Waals surface area contributed by atoms with Crippen molar-refractivity contribution in [2.45, 2.75) is 63.3 Å². The number of hydrogen-bond donors (Lipinski definition) is 1. The van der Waals surface area contributed by atoms with Crippen molar-refractivity contribution in [2.75, 3.05) is 6.54 Å². The van der Waals surface area contributed by atoms with Gasteiger partial charge in [0.15, 0.2) is 0 Å². The van der Waals surface area contributed by atoms with Gasteiger partial charge in [-0.2, -0.15) is 13.2 Å². The Hall–Kier alpha value is -2.58. The second-order valence-corrected chi connectivity index (χ2v) is 8.88. The lowest BCUT2D eigenvalue weighted by atomic mass is 9.84. The molecule has 4 atom stereocenters. The first-order valence-electron chi connectivity index (χ1n) is 10.7. The van der Waals surface area contributed by atoms with Crippen molar-refractivity contribution in [3.8, 4) is 0 Å². The summed E-state index contributed by atoms with van der Waals surface area (Å²) in [4.78, 5) is 40.9. The molecule has 2 saturated heterocycles. The first-order valence-corrected chi connectivity index (χ1v) is 10.7. The summed E-state index contributed by atoms with van der Waals surface area (Å²) in [7, 11) is 0. The minimum absolute atomic E-state index is 0.00281. The van der Waals surface area contributed by atoms with Crippen LogP contribution in [-0.2, 0) is 27.1 Å². The molecule has 0 aromatic heterocycles. The van der Waals surface area contributed by atoms with Crippen LogP contribution in [0.1, 0.15) is 49.7 Å². The molecule has 0 spiro atoms. The third kappa shape index (κ3) is 4.27. The van der Waals surface area contributed by atoms with Gasteiger partial charge in [0, 0.05) is 25.6 Å². The van der Waals surface area contributed by atoms with Gasteiger partial charge in [-0.1, -0.05) is 25.0 Å². The van der Waals surface area contributed by atoms with E-state index in [1.54, 1.807) is 4.90 Å². The van der Waals surface area contributed by atoms with Gasteiger partial charge in [0.25, 0.3) is 0 Å². The molecule has 3 amide bonds. The summed E-state index contributed by atoms with van der Waals surface area (Å²) in [5.41, 5.74) is 5.17. The highest BCUT2D eigenvalue weighted by Gasteiger charge is 2.49. The molecule has 4 rings (SSSR count). The summed E-state index contributed by atoms with van der Waals surface area (Å²) in [5, 5.41) is 0. The Kier molecular flexibility index (Phi) is 5.70. The van der Waals surface area contributed by atoms with Crippen molar-refractivity contribution in [3.05, 3.63) is 35.4 Å². The van der Waals surface area contributed by atoms with E-state index in [1.165, 1.54) is 17.0 Å². The third-order valence-electron chi connectivity index (χ3n) is 6.86. The molecule has 1 aliphatic carbocycles. The van der Waals surface area contributed by atoms with Gasteiger partial charge >= 0.3 is 6.18 Å². The summed E-state index contributed by atoms with van der Waals surface area (Å²) in [6.45, 7) is 0.144. The normalized spacial score (nSPS) is 28.7. The highest BCUT2D eigenvalue weighted by Crippen LogP contribution is 2.41. The Balaban J connectivity index is 1.47. The Bertz CT molecular complexity index is 888. The highest BCUT2D eigenvalue weighted by atomic mass is 19.4. The van der Waals surface area contributed by atoms with Crippen LogP contribution >= 0.6 is 0 Å². The fourth-order valence-electron chi connectivity index (χ4n) is 5.40. The number of carbonyl (C=O) groups is 3. The van der Waals surface area contributed by atoms with Crippen molar-refractivity contribution in [2.24, 2.45) is 17.6 Å². The first-order chi connectivity index (χ1) is 14.6. The second-order valence-electron chi connectivity index (χ2n) is 8.88.